The molecule has 0 unspecified atom stereocenters. The zero-order valence-corrected chi connectivity index (χ0v) is 5.82. The third-order valence-corrected chi connectivity index (χ3v) is 1.22. The molecule has 0 saturated carbocycles. The first-order valence-corrected chi connectivity index (χ1v) is 3.43. The minimum absolute atomic E-state index is 0.404. The van der Waals surface area contributed by atoms with Crippen molar-refractivity contribution >= 4 is 0 Å². The van der Waals surface area contributed by atoms with Gasteiger partial charge in [0.25, 0.3) is 0 Å². The Hall–Kier alpha value is 0. The summed E-state index contributed by atoms with van der Waals surface area (Å²) in [4.78, 5) is 0. The summed E-state index contributed by atoms with van der Waals surface area (Å²) < 4.78 is 0. The van der Waals surface area contributed by atoms with Gasteiger partial charge in [-0.15, -0.1) is 0 Å². The van der Waals surface area contributed by atoms with Gasteiger partial charge in [-0.25, -0.2) is 0 Å². The SMILES string of the molecule is [CH2]C([CH2])CCCCC. The van der Waals surface area contributed by atoms with Crippen LogP contribution in [0.3, 0.4) is 0 Å². The Bertz CT molecular complexity index is 37.3. The molecular weight excluding hydrogens is 96.1 g/mol. The Labute approximate surface area is 53.3 Å². The number of hydrogen-bond donors (Lipinski definition) is 0. The minimum Gasteiger partial charge on any atom is -0.0654 e. The summed E-state index contributed by atoms with van der Waals surface area (Å²) in [5.41, 5.74) is 0. The lowest BCUT2D eigenvalue weighted by Gasteiger charge is -2.00. The second kappa shape index (κ2) is 5.14. The zero-order valence-electron chi connectivity index (χ0n) is 5.82. The Kier molecular flexibility index (Phi) is 5.14. The van der Waals surface area contributed by atoms with E-state index in [2.05, 4.69) is 20.8 Å². The smallest absolute Gasteiger partial charge is 0.0414 e. The lowest BCUT2D eigenvalue weighted by atomic mass is 10.1. The Morgan fingerprint density at radius 3 is 2.25 bits per heavy atom. The molecule has 0 aromatic heterocycles. The lowest BCUT2D eigenvalue weighted by molar-refractivity contribution is 0.607. The van der Waals surface area contributed by atoms with Crippen molar-refractivity contribution in [2.75, 3.05) is 0 Å². The molecule has 0 aromatic carbocycles. The molecule has 0 aliphatic carbocycles. The van der Waals surface area contributed by atoms with Crippen LogP contribution in [0.5, 0.6) is 0 Å². The first kappa shape index (κ1) is 8.00. The highest BCUT2D eigenvalue weighted by Crippen LogP contribution is 2.06. The van der Waals surface area contributed by atoms with E-state index in [1.165, 1.54) is 25.7 Å². The normalized spacial score (nSPS) is 10.5. The van der Waals surface area contributed by atoms with Crippen LogP contribution in [0.25, 0.3) is 0 Å². The first-order valence-electron chi connectivity index (χ1n) is 3.43. The molecular formula is C8H16. The molecule has 0 amide bonds. The summed E-state index contributed by atoms with van der Waals surface area (Å²) in [5, 5.41) is 0. The number of rotatable bonds is 4. The fourth-order valence-electron chi connectivity index (χ4n) is 0.683. The summed E-state index contributed by atoms with van der Waals surface area (Å²) in [6.07, 6.45) is 5.12. The van der Waals surface area contributed by atoms with Crippen molar-refractivity contribution in [1.82, 2.24) is 0 Å². The van der Waals surface area contributed by atoms with Crippen LogP contribution >= 0.6 is 0 Å². The Morgan fingerprint density at radius 1 is 1.25 bits per heavy atom. The summed E-state index contributed by atoms with van der Waals surface area (Å²) in [6, 6.07) is 0. The molecule has 0 aliphatic heterocycles. The van der Waals surface area contributed by atoms with Gasteiger partial charge < -0.3 is 0 Å². The van der Waals surface area contributed by atoms with E-state index in [4.69, 9.17) is 0 Å². The predicted molar refractivity (Wildman–Crippen MR) is 38.3 cm³/mol. The van der Waals surface area contributed by atoms with Crippen molar-refractivity contribution < 1.29 is 0 Å². The van der Waals surface area contributed by atoms with E-state index >= 15 is 0 Å². The molecule has 0 aliphatic rings. The van der Waals surface area contributed by atoms with E-state index in [1.54, 1.807) is 0 Å². The molecule has 0 N–H and O–H groups in total. The fourth-order valence-corrected chi connectivity index (χ4v) is 0.683. The van der Waals surface area contributed by atoms with Gasteiger partial charge in [-0.2, -0.15) is 0 Å². The van der Waals surface area contributed by atoms with Crippen molar-refractivity contribution in [1.29, 1.82) is 0 Å². The van der Waals surface area contributed by atoms with Gasteiger partial charge in [0.15, 0.2) is 0 Å². The quantitative estimate of drug-likeness (QED) is 0.490. The average molecular weight is 112 g/mol. The third-order valence-electron chi connectivity index (χ3n) is 1.22. The minimum atomic E-state index is 0.404. The van der Waals surface area contributed by atoms with Crippen LogP contribution in [-0.4, -0.2) is 0 Å². The van der Waals surface area contributed by atoms with Gasteiger partial charge in [-0.1, -0.05) is 46.5 Å². The largest absolute Gasteiger partial charge is 0.0654 e. The van der Waals surface area contributed by atoms with Gasteiger partial charge in [0.1, 0.15) is 0 Å². The van der Waals surface area contributed by atoms with Crippen LogP contribution < -0.4 is 0 Å². The average Bonchev–Trinajstić information content (AvgIpc) is 1.66. The fraction of sp³-hybridized carbons (Fsp3) is 0.750. The molecule has 0 heteroatoms. The first-order chi connectivity index (χ1) is 3.77. The molecule has 0 atom stereocenters. The van der Waals surface area contributed by atoms with Crippen molar-refractivity contribution in [3.8, 4) is 0 Å². The van der Waals surface area contributed by atoms with Gasteiger partial charge in [0.05, 0.1) is 0 Å². The Morgan fingerprint density at radius 2 is 1.88 bits per heavy atom. The Balaban J connectivity index is 2.72. The third kappa shape index (κ3) is 6.00. The zero-order chi connectivity index (χ0) is 6.41. The summed E-state index contributed by atoms with van der Waals surface area (Å²) >= 11 is 0. The van der Waals surface area contributed by atoms with Gasteiger partial charge >= 0.3 is 0 Å². The van der Waals surface area contributed by atoms with Crippen molar-refractivity contribution in [2.24, 2.45) is 5.92 Å². The van der Waals surface area contributed by atoms with Gasteiger partial charge in [-0.05, 0) is 5.92 Å². The second-order valence-corrected chi connectivity index (χ2v) is 2.36. The second-order valence-electron chi connectivity index (χ2n) is 2.36. The van der Waals surface area contributed by atoms with Crippen LogP contribution in [0.4, 0.5) is 0 Å². The van der Waals surface area contributed by atoms with Crippen LogP contribution in [0.15, 0.2) is 0 Å². The molecule has 0 bridgehead atoms. The molecule has 2 radical (unpaired) electrons. The van der Waals surface area contributed by atoms with Crippen molar-refractivity contribution in [3.05, 3.63) is 13.8 Å². The monoisotopic (exact) mass is 112 g/mol. The van der Waals surface area contributed by atoms with Crippen LogP contribution in [0.1, 0.15) is 32.6 Å². The number of unbranched alkanes of at least 4 members (excludes halogenated alkanes) is 2. The van der Waals surface area contributed by atoms with E-state index in [0.29, 0.717) is 5.92 Å². The lowest BCUT2D eigenvalue weighted by Crippen LogP contribution is -1.86. The highest BCUT2D eigenvalue weighted by atomic mass is 14.0. The molecule has 48 valence electrons. The highest BCUT2D eigenvalue weighted by Gasteiger charge is 1.90. The van der Waals surface area contributed by atoms with E-state index in [-0.39, 0.29) is 0 Å². The molecule has 0 aromatic rings. The van der Waals surface area contributed by atoms with E-state index < -0.39 is 0 Å². The van der Waals surface area contributed by atoms with Gasteiger partial charge in [0.2, 0.25) is 0 Å². The maximum absolute atomic E-state index is 3.80. The van der Waals surface area contributed by atoms with E-state index in [0.717, 1.165) is 0 Å². The maximum Gasteiger partial charge on any atom is -0.0414 e. The van der Waals surface area contributed by atoms with Crippen LogP contribution in [-0.2, 0) is 0 Å². The molecule has 8 heavy (non-hydrogen) atoms. The van der Waals surface area contributed by atoms with Crippen LogP contribution in [0, 0.1) is 19.8 Å². The maximum atomic E-state index is 3.80. The van der Waals surface area contributed by atoms with Crippen molar-refractivity contribution in [3.63, 3.8) is 0 Å². The topological polar surface area (TPSA) is 0 Å². The molecule has 0 heterocycles. The van der Waals surface area contributed by atoms with Crippen LogP contribution in [0.2, 0.25) is 0 Å². The number of hydrogen-bond acceptors (Lipinski definition) is 0. The van der Waals surface area contributed by atoms with Gasteiger partial charge in [-0.3, -0.25) is 0 Å². The van der Waals surface area contributed by atoms with Gasteiger partial charge in [0, 0.05) is 0 Å². The highest BCUT2D eigenvalue weighted by molar-refractivity contribution is 4.61. The predicted octanol–water partition coefficient (Wildman–Crippen LogP) is 2.85. The van der Waals surface area contributed by atoms with E-state index in [1.807, 2.05) is 0 Å². The molecule has 0 nitrogen and oxygen atoms in total. The molecule has 0 fully saturated rings. The molecule has 0 rings (SSSR count). The standard InChI is InChI=1S/C8H16/c1-4-5-6-7-8(2)3/h8H,2-7H2,1H3. The summed E-state index contributed by atoms with van der Waals surface area (Å²) in [6.45, 7) is 9.81. The van der Waals surface area contributed by atoms with E-state index in [9.17, 15) is 0 Å². The summed E-state index contributed by atoms with van der Waals surface area (Å²) in [7, 11) is 0. The van der Waals surface area contributed by atoms with Crippen molar-refractivity contribution in [2.45, 2.75) is 32.6 Å². The molecule has 0 spiro atoms. The summed E-state index contributed by atoms with van der Waals surface area (Å²) in [5.74, 6) is 0.404. The molecule has 0 saturated heterocycles.